The Morgan fingerprint density at radius 3 is 1.22 bits per heavy atom. The molecule has 0 aliphatic rings. The van der Waals surface area contributed by atoms with Crippen LogP contribution in [0, 0.1) is 0 Å². The molecule has 3 atom stereocenters. The van der Waals surface area contributed by atoms with Crippen LogP contribution in [-0.4, -0.2) is 46.1 Å². The van der Waals surface area contributed by atoms with Gasteiger partial charge in [0.25, 0.3) is 0 Å². The van der Waals surface area contributed by atoms with Crippen LogP contribution in [0.15, 0.2) is 36.5 Å². The van der Waals surface area contributed by atoms with Crippen molar-refractivity contribution in [2.45, 2.75) is 263 Å². The minimum Gasteiger partial charge on any atom is -0.394 e. The van der Waals surface area contributed by atoms with Crippen molar-refractivity contribution in [1.82, 2.24) is 5.32 Å². The Balaban J connectivity index is 3.48. The number of carbonyl (C=O) groups is 1. The average Bonchev–Trinajstić information content (AvgIpc) is 3.18. The van der Waals surface area contributed by atoms with Crippen molar-refractivity contribution < 1.29 is 20.1 Å². The lowest BCUT2D eigenvalue weighted by atomic mass is 10.0. The Morgan fingerprint density at radius 2 is 0.815 bits per heavy atom. The molecule has 0 aromatic heterocycles. The normalized spacial score (nSPS) is 13.8. The quantitative estimate of drug-likeness (QED) is 0.0368. The first kappa shape index (κ1) is 52.6. The summed E-state index contributed by atoms with van der Waals surface area (Å²) in [6.45, 7) is 4.04. The van der Waals surface area contributed by atoms with Gasteiger partial charge in [0, 0.05) is 6.42 Å². The van der Waals surface area contributed by atoms with Crippen molar-refractivity contribution in [2.75, 3.05) is 6.61 Å². The number of aliphatic hydroxyl groups excluding tert-OH is 3. The van der Waals surface area contributed by atoms with E-state index in [0.717, 1.165) is 51.4 Å². The molecule has 0 saturated heterocycles. The summed E-state index contributed by atoms with van der Waals surface area (Å²) in [5.41, 5.74) is 0. The number of amides is 1. The highest BCUT2D eigenvalue weighted by molar-refractivity contribution is 5.76. The zero-order valence-electron chi connectivity index (χ0n) is 36.1. The molecule has 0 rings (SSSR count). The zero-order chi connectivity index (χ0) is 39.4. The fraction of sp³-hybridized carbons (Fsp3) is 0.857. The summed E-state index contributed by atoms with van der Waals surface area (Å²) in [5.74, 6) is -0.159. The third-order valence-electron chi connectivity index (χ3n) is 11.0. The molecule has 0 aromatic rings. The topological polar surface area (TPSA) is 89.8 Å². The minimum absolute atomic E-state index is 0.159. The molecule has 0 bridgehead atoms. The first-order valence-electron chi connectivity index (χ1n) is 23.8. The maximum absolute atomic E-state index is 12.4. The number of allylic oxidation sites excluding steroid dienone is 6. The highest BCUT2D eigenvalue weighted by Crippen LogP contribution is 2.16. The maximum Gasteiger partial charge on any atom is 0.220 e. The molecule has 0 aliphatic heterocycles. The summed E-state index contributed by atoms with van der Waals surface area (Å²) in [5, 5.41) is 33.3. The molecule has 54 heavy (non-hydrogen) atoms. The Morgan fingerprint density at radius 1 is 0.463 bits per heavy atom. The number of aliphatic hydroxyl groups is 3. The smallest absolute Gasteiger partial charge is 0.220 e. The molecule has 5 heteroatoms. The Kier molecular flexibility index (Phi) is 43.1. The van der Waals surface area contributed by atoms with Gasteiger partial charge in [-0.2, -0.15) is 0 Å². The van der Waals surface area contributed by atoms with Crippen molar-refractivity contribution in [3.63, 3.8) is 0 Å². The molecule has 3 unspecified atom stereocenters. The van der Waals surface area contributed by atoms with E-state index in [1.165, 1.54) is 167 Å². The molecule has 0 spiro atoms. The predicted octanol–water partition coefficient (Wildman–Crippen LogP) is 13.9. The van der Waals surface area contributed by atoms with E-state index in [-0.39, 0.29) is 12.5 Å². The van der Waals surface area contributed by atoms with Crippen LogP contribution in [0.3, 0.4) is 0 Å². The lowest BCUT2D eigenvalue weighted by Gasteiger charge is -2.26. The molecule has 0 aromatic carbocycles. The number of rotatable bonds is 43. The van der Waals surface area contributed by atoms with Crippen LogP contribution in [-0.2, 0) is 4.79 Å². The maximum atomic E-state index is 12.4. The van der Waals surface area contributed by atoms with Crippen molar-refractivity contribution in [3.8, 4) is 0 Å². The van der Waals surface area contributed by atoms with Gasteiger partial charge in [-0.25, -0.2) is 0 Å². The molecule has 0 heterocycles. The molecule has 0 fully saturated rings. The summed E-state index contributed by atoms with van der Waals surface area (Å²) in [6, 6.07) is -0.829. The van der Waals surface area contributed by atoms with Gasteiger partial charge in [-0.05, 0) is 70.6 Å². The third-order valence-corrected chi connectivity index (χ3v) is 11.0. The van der Waals surface area contributed by atoms with Crippen molar-refractivity contribution >= 4 is 5.91 Å². The van der Waals surface area contributed by atoms with E-state index in [9.17, 15) is 20.1 Å². The van der Waals surface area contributed by atoms with Crippen LogP contribution in [0.4, 0.5) is 0 Å². The van der Waals surface area contributed by atoms with Crippen molar-refractivity contribution in [3.05, 3.63) is 36.5 Å². The second-order valence-corrected chi connectivity index (χ2v) is 16.3. The summed E-state index contributed by atoms with van der Waals surface area (Å²) >= 11 is 0. The van der Waals surface area contributed by atoms with Gasteiger partial charge in [0.1, 0.15) is 6.10 Å². The fourth-order valence-electron chi connectivity index (χ4n) is 7.30. The van der Waals surface area contributed by atoms with Crippen LogP contribution in [0.25, 0.3) is 0 Å². The van der Waals surface area contributed by atoms with E-state index in [4.69, 9.17) is 0 Å². The molecule has 0 saturated carbocycles. The minimum atomic E-state index is -1.16. The van der Waals surface area contributed by atoms with Gasteiger partial charge >= 0.3 is 0 Å². The lowest BCUT2D eigenvalue weighted by molar-refractivity contribution is -0.124. The number of nitrogens with one attached hydrogen (secondary N) is 1. The van der Waals surface area contributed by atoms with Gasteiger partial charge in [0.15, 0.2) is 0 Å². The van der Waals surface area contributed by atoms with Crippen LogP contribution in [0.2, 0.25) is 0 Å². The number of carbonyl (C=O) groups excluding carboxylic acids is 1. The van der Waals surface area contributed by atoms with E-state index in [1.54, 1.807) is 0 Å². The summed E-state index contributed by atoms with van der Waals surface area (Å²) in [7, 11) is 0. The SMILES string of the molecule is CC/C=C/CC/C=C/CCCC(O)C(O)C(CO)NC(=O)CCCCCCCCCCCCCCCCC/C=C\CCCCCCCCCCCCCC. The molecule has 0 aliphatic carbocycles. The van der Waals surface area contributed by atoms with E-state index < -0.39 is 18.2 Å². The predicted molar refractivity (Wildman–Crippen MR) is 236 cm³/mol. The van der Waals surface area contributed by atoms with Gasteiger partial charge in [0.2, 0.25) is 5.91 Å². The first-order valence-corrected chi connectivity index (χ1v) is 23.8. The molecular formula is C49H93NO4. The van der Waals surface area contributed by atoms with Gasteiger partial charge < -0.3 is 20.6 Å². The lowest BCUT2D eigenvalue weighted by Crippen LogP contribution is -2.50. The standard InChI is InChI=1S/C49H93NO4/c1-3-5-7-9-11-13-14-15-16-17-18-19-20-21-22-23-24-25-26-27-28-29-30-31-32-33-34-36-38-40-42-44-48(53)50-46(45-51)49(54)47(52)43-41-39-37-35-12-10-8-6-4-2/h6,8,21-22,35,37,46-47,49,51-52,54H,3-5,7,9-20,23-34,36,38-45H2,1-2H3,(H,50,53)/b8-6+,22-21-,37-35+. The van der Waals surface area contributed by atoms with Gasteiger partial charge in [0.05, 0.1) is 18.8 Å². The number of hydrogen-bond acceptors (Lipinski definition) is 4. The monoisotopic (exact) mass is 760 g/mol. The van der Waals surface area contributed by atoms with Gasteiger partial charge in [-0.15, -0.1) is 0 Å². The second-order valence-electron chi connectivity index (χ2n) is 16.3. The zero-order valence-corrected chi connectivity index (χ0v) is 36.1. The van der Waals surface area contributed by atoms with E-state index in [2.05, 4.69) is 55.6 Å². The highest BCUT2D eigenvalue weighted by atomic mass is 16.3. The summed E-state index contributed by atoms with van der Waals surface area (Å²) < 4.78 is 0. The third kappa shape index (κ3) is 38.8. The molecular weight excluding hydrogens is 667 g/mol. The van der Waals surface area contributed by atoms with Crippen LogP contribution in [0.5, 0.6) is 0 Å². The van der Waals surface area contributed by atoms with Crippen molar-refractivity contribution in [1.29, 1.82) is 0 Å². The number of unbranched alkanes of at least 4 members (excludes halogenated alkanes) is 29. The van der Waals surface area contributed by atoms with E-state index in [1.807, 2.05) is 0 Å². The summed E-state index contributed by atoms with van der Waals surface area (Å²) in [4.78, 5) is 12.4. The average molecular weight is 760 g/mol. The van der Waals surface area contributed by atoms with E-state index in [0.29, 0.717) is 12.8 Å². The Labute approximate surface area is 336 Å². The van der Waals surface area contributed by atoms with Crippen LogP contribution >= 0.6 is 0 Å². The van der Waals surface area contributed by atoms with Crippen LogP contribution < -0.4 is 5.32 Å². The Bertz CT molecular complexity index is 840. The first-order chi connectivity index (χ1) is 26.6. The number of hydrogen-bond donors (Lipinski definition) is 4. The molecule has 1 amide bonds. The molecule has 5 nitrogen and oxygen atoms in total. The highest BCUT2D eigenvalue weighted by Gasteiger charge is 2.26. The largest absolute Gasteiger partial charge is 0.394 e. The summed E-state index contributed by atoms with van der Waals surface area (Å²) in [6.07, 6.45) is 55.9. The fourth-order valence-corrected chi connectivity index (χ4v) is 7.30. The molecule has 0 radical (unpaired) electrons. The van der Waals surface area contributed by atoms with Crippen molar-refractivity contribution in [2.24, 2.45) is 0 Å². The van der Waals surface area contributed by atoms with E-state index >= 15 is 0 Å². The Hall–Kier alpha value is -1.43. The van der Waals surface area contributed by atoms with Gasteiger partial charge in [-0.3, -0.25) is 4.79 Å². The van der Waals surface area contributed by atoms with Crippen LogP contribution in [0.1, 0.15) is 245 Å². The molecule has 4 N–H and O–H groups in total. The van der Waals surface area contributed by atoms with Gasteiger partial charge in [-0.1, -0.05) is 204 Å². The second kappa shape index (κ2) is 44.3. The molecule has 318 valence electrons.